The lowest BCUT2D eigenvalue weighted by Crippen LogP contribution is -2.19. The second-order valence-electron chi connectivity index (χ2n) is 6.05. The van der Waals surface area contributed by atoms with Crippen molar-refractivity contribution in [2.75, 3.05) is 0 Å². The van der Waals surface area contributed by atoms with E-state index in [2.05, 4.69) is 35.4 Å². The fraction of sp³-hybridized carbons (Fsp3) is 0.150. The summed E-state index contributed by atoms with van der Waals surface area (Å²) in [7, 11) is 0. The van der Waals surface area contributed by atoms with Gasteiger partial charge in [-0.3, -0.25) is 4.79 Å². The molecule has 5 heteroatoms. The van der Waals surface area contributed by atoms with Gasteiger partial charge in [-0.1, -0.05) is 44.2 Å². The lowest BCUT2D eigenvalue weighted by atomic mass is 9.99. The number of H-pyrrole nitrogens is 1. The number of aromatic amines is 1. The van der Waals surface area contributed by atoms with E-state index in [9.17, 15) is 4.79 Å². The summed E-state index contributed by atoms with van der Waals surface area (Å²) in [5.74, 6) is -0.0656. The number of amides is 1. The maximum atomic E-state index is 12.5. The summed E-state index contributed by atoms with van der Waals surface area (Å²) in [6.07, 6.45) is 1.55. The highest BCUT2D eigenvalue weighted by Crippen LogP contribution is 2.28. The summed E-state index contributed by atoms with van der Waals surface area (Å²) >= 11 is 0. The number of aromatic nitrogens is 1. The third-order valence-electron chi connectivity index (χ3n) is 3.97. The zero-order valence-electron chi connectivity index (χ0n) is 14.1. The standard InChI is InChI=1S/C20H18N4O/c1-13(2)18-16-5-3-4-6-17(16)23-19(18)20(25)24-22-12-15-9-7-14(11-21)8-10-15/h3-10,12-13,23H,1-2H3,(H,24,25)/b22-12+. The minimum Gasteiger partial charge on any atom is -0.350 e. The lowest BCUT2D eigenvalue weighted by Gasteiger charge is -2.07. The van der Waals surface area contributed by atoms with E-state index in [1.807, 2.05) is 24.3 Å². The van der Waals surface area contributed by atoms with Crippen LogP contribution in [0.25, 0.3) is 10.9 Å². The Morgan fingerprint density at radius 2 is 1.92 bits per heavy atom. The fourth-order valence-electron chi connectivity index (χ4n) is 2.81. The molecule has 124 valence electrons. The molecule has 25 heavy (non-hydrogen) atoms. The van der Waals surface area contributed by atoms with E-state index >= 15 is 0 Å². The fourth-order valence-corrected chi connectivity index (χ4v) is 2.81. The predicted molar refractivity (Wildman–Crippen MR) is 98.6 cm³/mol. The maximum Gasteiger partial charge on any atom is 0.288 e. The molecule has 5 nitrogen and oxygen atoms in total. The Morgan fingerprint density at radius 1 is 1.20 bits per heavy atom. The summed E-state index contributed by atoms with van der Waals surface area (Å²) in [5, 5.41) is 13.9. The van der Waals surface area contributed by atoms with Gasteiger partial charge in [-0.15, -0.1) is 0 Å². The third kappa shape index (κ3) is 3.43. The molecule has 0 radical (unpaired) electrons. The van der Waals surface area contributed by atoms with E-state index in [1.54, 1.807) is 30.5 Å². The first-order valence-corrected chi connectivity index (χ1v) is 8.04. The van der Waals surface area contributed by atoms with Gasteiger partial charge >= 0.3 is 0 Å². The predicted octanol–water partition coefficient (Wildman–Crippen LogP) is 3.93. The number of nitriles is 1. The van der Waals surface area contributed by atoms with Gasteiger partial charge < -0.3 is 4.98 Å². The van der Waals surface area contributed by atoms with Gasteiger partial charge in [-0.05, 0) is 35.2 Å². The molecular formula is C20H18N4O. The van der Waals surface area contributed by atoms with Crippen molar-refractivity contribution in [2.24, 2.45) is 5.10 Å². The molecule has 0 spiro atoms. The van der Waals surface area contributed by atoms with Gasteiger partial charge in [0.05, 0.1) is 17.8 Å². The first kappa shape index (κ1) is 16.5. The molecule has 0 saturated carbocycles. The molecule has 0 saturated heterocycles. The summed E-state index contributed by atoms with van der Waals surface area (Å²) in [6, 6.07) is 16.9. The highest BCUT2D eigenvalue weighted by Gasteiger charge is 2.19. The molecule has 0 unspecified atom stereocenters. The number of hydrazone groups is 1. The third-order valence-corrected chi connectivity index (χ3v) is 3.97. The summed E-state index contributed by atoms with van der Waals surface area (Å²) < 4.78 is 0. The first-order chi connectivity index (χ1) is 12.1. The van der Waals surface area contributed by atoms with Crippen LogP contribution < -0.4 is 5.43 Å². The molecule has 0 aliphatic carbocycles. The van der Waals surface area contributed by atoms with Crippen LogP contribution in [0.4, 0.5) is 0 Å². The molecule has 3 rings (SSSR count). The summed E-state index contributed by atoms with van der Waals surface area (Å²) in [4.78, 5) is 15.7. The van der Waals surface area contributed by atoms with Crippen LogP contribution in [0.5, 0.6) is 0 Å². The zero-order chi connectivity index (χ0) is 17.8. The smallest absolute Gasteiger partial charge is 0.288 e. The van der Waals surface area contributed by atoms with Crippen molar-refractivity contribution in [3.63, 3.8) is 0 Å². The number of rotatable bonds is 4. The minimum atomic E-state index is -0.273. The summed E-state index contributed by atoms with van der Waals surface area (Å²) in [5.41, 5.74) is 6.42. The van der Waals surface area contributed by atoms with Crippen molar-refractivity contribution in [1.29, 1.82) is 5.26 Å². The van der Waals surface area contributed by atoms with Gasteiger partial charge in [-0.25, -0.2) is 5.43 Å². The lowest BCUT2D eigenvalue weighted by molar-refractivity contribution is 0.0949. The second-order valence-corrected chi connectivity index (χ2v) is 6.05. The van der Waals surface area contributed by atoms with E-state index in [1.165, 1.54) is 0 Å². The van der Waals surface area contributed by atoms with Gasteiger partial charge in [0.2, 0.25) is 0 Å². The zero-order valence-corrected chi connectivity index (χ0v) is 14.1. The number of hydrogen-bond acceptors (Lipinski definition) is 3. The van der Waals surface area contributed by atoms with Crippen molar-refractivity contribution >= 4 is 23.0 Å². The molecule has 0 fully saturated rings. The quantitative estimate of drug-likeness (QED) is 0.561. The SMILES string of the molecule is CC(C)c1c(C(=O)N/N=C/c2ccc(C#N)cc2)[nH]c2ccccc12. The molecule has 0 aliphatic heterocycles. The first-order valence-electron chi connectivity index (χ1n) is 8.04. The topological polar surface area (TPSA) is 81.0 Å². The number of carbonyl (C=O) groups is 1. The molecule has 1 heterocycles. The highest BCUT2D eigenvalue weighted by molar-refractivity contribution is 6.01. The Morgan fingerprint density at radius 3 is 2.60 bits per heavy atom. The van der Waals surface area contributed by atoms with Crippen LogP contribution in [0, 0.1) is 11.3 Å². The van der Waals surface area contributed by atoms with Crippen LogP contribution in [0.3, 0.4) is 0 Å². The monoisotopic (exact) mass is 330 g/mol. The number of nitrogens with one attached hydrogen (secondary N) is 2. The van der Waals surface area contributed by atoms with Crippen molar-refractivity contribution in [1.82, 2.24) is 10.4 Å². The van der Waals surface area contributed by atoms with E-state index in [0.717, 1.165) is 22.0 Å². The van der Waals surface area contributed by atoms with Crippen molar-refractivity contribution in [3.05, 3.63) is 70.9 Å². The average molecular weight is 330 g/mol. The number of para-hydroxylation sites is 1. The summed E-state index contributed by atoms with van der Waals surface area (Å²) in [6.45, 7) is 4.12. The number of nitrogens with zero attached hydrogens (tertiary/aromatic N) is 2. The normalized spacial score (nSPS) is 11.1. The highest BCUT2D eigenvalue weighted by atomic mass is 16.2. The average Bonchev–Trinajstić information content (AvgIpc) is 3.02. The molecule has 2 N–H and O–H groups in total. The molecule has 3 aromatic rings. The number of fused-ring (bicyclic) bond motifs is 1. The Hall–Kier alpha value is -3.39. The van der Waals surface area contributed by atoms with Crippen LogP contribution in [-0.2, 0) is 0 Å². The van der Waals surface area contributed by atoms with Crippen molar-refractivity contribution in [2.45, 2.75) is 19.8 Å². The van der Waals surface area contributed by atoms with E-state index in [-0.39, 0.29) is 11.8 Å². The van der Waals surface area contributed by atoms with E-state index in [0.29, 0.717) is 11.3 Å². The van der Waals surface area contributed by atoms with E-state index < -0.39 is 0 Å². The van der Waals surface area contributed by atoms with Gasteiger partial charge in [0, 0.05) is 10.9 Å². The van der Waals surface area contributed by atoms with Gasteiger partial charge in [0.25, 0.3) is 5.91 Å². The van der Waals surface area contributed by atoms with Crippen LogP contribution in [0.1, 0.15) is 46.9 Å². The second kappa shape index (κ2) is 7.02. The molecular weight excluding hydrogens is 312 g/mol. The van der Waals surface area contributed by atoms with Crippen LogP contribution in [-0.4, -0.2) is 17.1 Å². The van der Waals surface area contributed by atoms with Gasteiger partial charge in [0.1, 0.15) is 5.69 Å². The number of benzene rings is 2. The molecule has 2 aromatic carbocycles. The van der Waals surface area contributed by atoms with Crippen molar-refractivity contribution < 1.29 is 4.79 Å². The van der Waals surface area contributed by atoms with E-state index in [4.69, 9.17) is 5.26 Å². The largest absolute Gasteiger partial charge is 0.350 e. The molecule has 0 aliphatic rings. The number of hydrogen-bond donors (Lipinski definition) is 2. The molecule has 0 atom stereocenters. The van der Waals surface area contributed by atoms with Crippen LogP contribution >= 0.6 is 0 Å². The number of carbonyl (C=O) groups excluding carboxylic acids is 1. The molecule has 1 amide bonds. The van der Waals surface area contributed by atoms with Gasteiger partial charge in [0.15, 0.2) is 0 Å². The molecule has 1 aromatic heterocycles. The minimum absolute atomic E-state index is 0.208. The van der Waals surface area contributed by atoms with Gasteiger partial charge in [-0.2, -0.15) is 10.4 Å². The Kier molecular flexibility index (Phi) is 4.62. The van der Waals surface area contributed by atoms with Crippen LogP contribution in [0.15, 0.2) is 53.6 Å². The Balaban J connectivity index is 1.81. The van der Waals surface area contributed by atoms with Crippen molar-refractivity contribution in [3.8, 4) is 6.07 Å². The van der Waals surface area contributed by atoms with Crippen LogP contribution in [0.2, 0.25) is 0 Å². The Labute approximate surface area is 146 Å². The Bertz CT molecular complexity index is 975. The molecule has 0 bridgehead atoms. The maximum absolute atomic E-state index is 12.5.